The molecule has 0 aliphatic carbocycles. The molecule has 7 nitrogen and oxygen atoms in total. The van der Waals surface area contributed by atoms with E-state index < -0.39 is 0 Å². The number of nitrogens with zero attached hydrogens (tertiary/aromatic N) is 2. The zero-order valence-corrected chi connectivity index (χ0v) is 19.3. The van der Waals surface area contributed by atoms with Crippen LogP contribution in [0.5, 0.6) is 0 Å². The van der Waals surface area contributed by atoms with E-state index in [2.05, 4.69) is 35.3 Å². The Morgan fingerprint density at radius 2 is 1.28 bits per heavy atom. The number of benzene rings is 4. The Kier molecular flexibility index (Phi) is 4.97. The maximum atomic E-state index is 7.57. The normalized spacial score (nSPS) is 12.4. The van der Waals surface area contributed by atoms with Gasteiger partial charge in [-0.05, 0) is 40.5 Å². The van der Waals surface area contributed by atoms with Crippen LogP contribution in [0.1, 0.15) is 22.3 Å². The van der Waals surface area contributed by atoms with E-state index in [1.54, 1.807) is 0 Å². The number of aliphatic imine (C=N–C) groups is 1. The molecule has 0 spiro atoms. The zero-order valence-electron chi connectivity index (χ0n) is 19.3. The summed E-state index contributed by atoms with van der Waals surface area (Å²) in [4.78, 5) is 13.0. The van der Waals surface area contributed by atoms with Gasteiger partial charge in [-0.25, -0.2) is 4.98 Å². The van der Waals surface area contributed by atoms with Crippen molar-refractivity contribution in [2.75, 3.05) is 0 Å². The van der Waals surface area contributed by atoms with Crippen molar-refractivity contribution in [1.29, 1.82) is 10.8 Å². The first-order chi connectivity index (χ1) is 17.4. The third-order valence-electron chi connectivity index (χ3n) is 6.51. The summed E-state index contributed by atoms with van der Waals surface area (Å²) < 4.78 is 0. The van der Waals surface area contributed by atoms with Gasteiger partial charge in [-0.1, -0.05) is 66.7 Å². The number of aromatic amines is 1. The predicted molar refractivity (Wildman–Crippen MR) is 145 cm³/mol. The molecule has 0 fully saturated rings. The number of hydrogen-bond acceptors (Lipinski definition) is 4. The van der Waals surface area contributed by atoms with Gasteiger partial charge in [0.1, 0.15) is 17.5 Å². The molecule has 2 heterocycles. The molecule has 4 aromatic carbocycles. The Morgan fingerprint density at radius 3 is 1.94 bits per heavy atom. The minimum absolute atomic E-state index is 0.0486. The van der Waals surface area contributed by atoms with Gasteiger partial charge in [0.2, 0.25) is 0 Å². The molecule has 1 aliphatic heterocycles. The molecule has 5 aromatic rings. The first kappa shape index (κ1) is 21.5. The molecule has 0 atom stereocenters. The molecule has 7 N–H and O–H groups in total. The second kappa shape index (κ2) is 8.32. The van der Waals surface area contributed by atoms with Crippen LogP contribution in [0.25, 0.3) is 33.5 Å². The number of rotatable bonds is 5. The quantitative estimate of drug-likeness (QED) is 0.180. The van der Waals surface area contributed by atoms with Crippen molar-refractivity contribution < 1.29 is 0 Å². The molecule has 0 amide bonds. The highest BCUT2D eigenvalue weighted by Crippen LogP contribution is 2.34. The Hall–Kier alpha value is -5.04. The van der Waals surface area contributed by atoms with Crippen molar-refractivity contribution in [3.63, 3.8) is 0 Å². The number of nitrogens with one attached hydrogen (secondary N) is 3. The highest BCUT2D eigenvalue weighted by Gasteiger charge is 2.17. The van der Waals surface area contributed by atoms with Crippen LogP contribution in [0.3, 0.4) is 0 Å². The molecule has 7 heteroatoms. The fourth-order valence-electron chi connectivity index (χ4n) is 4.50. The standard InChI is InChI=1S/C29H23N7/c30-27(31)17-3-1-16(2-4-17)24-15-22-10-9-20(13-25(22)34-24)21-11-12-23-26(14-21)36-29(35-23)19-7-5-18(6-8-19)28(32)33/h1-14H,15H2,(H3,30,31)(H3,32,33)(H,35,36). The summed E-state index contributed by atoms with van der Waals surface area (Å²) in [6.45, 7) is 0. The van der Waals surface area contributed by atoms with Gasteiger partial charge in [0.15, 0.2) is 0 Å². The maximum absolute atomic E-state index is 7.57. The van der Waals surface area contributed by atoms with Crippen LogP contribution in [-0.2, 0) is 6.42 Å². The number of aromatic nitrogens is 2. The van der Waals surface area contributed by atoms with Crippen molar-refractivity contribution in [2.45, 2.75) is 6.42 Å². The Labute approximate surface area is 207 Å². The van der Waals surface area contributed by atoms with Gasteiger partial charge in [-0.3, -0.25) is 15.8 Å². The maximum Gasteiger partial charge on any atom is 0.138 e. The second-order valence-electron chi connectivity index (χ2n) is 8.88. The third kappa shape index (κ3) is 3.82. The van der Waals surface area contributed by atoms with Gasteiger partial charge < -0.3 is 16.5 Å². The van der Waals surface area contributed by atoms with Gasteiger partial charge in [0.25, 0.3) is 0 Å². The number of hydrogen-bond donors (Lipinski definition) is 5. The minimum Gasteiger partial charge on any atom is -0.384 e. The fourth-order valence-corrected chi connectivity index (χ4v) is 4.50. The predicted octanol–water partition coefficient (Wildman–Crippen LogP) is 5.14. The van der Waals surface area contributed by atoms with Gasteiger partial charge >= 0.3 is 0 Å². The monoisotopic (exact) mass is 469 g/mol. The van der Waals surface area contributed by atoms with Crippen molar-refractivity contribution in [3.8, 4) is 22.5 Å². The summed E-state index contributed by atoms with van der Waals surface area (Å²) in [5.74, 6) is 0.888. The second-order valence-corrected chi connectivity index (χ2v) is 8.88. The zero-order chi connectivity index (χ0) is 24.8. The Balaban J connectivity index is 1.29. The molecule has 1 aliphatic rings. The van der Waals surface area contributed by atoms with Crippen molar-refractivity contribution in [2.24, 2.45) is 16.5 Å². The summed E-state index contributed by atoms with van der Waals surface area (Å²) in [5, 5.41) is 15.1. The number of H-pyrrole nitrogens is 1. The van der Waals surface area contributed by atoms with E-state index in [0.29, 0.717) is 11.1 Å². The molecule has 0 unspecified atom stereocenters. The largest absolute Gasteiger partial charge is 0.384 e. The molecular weight excluding hydrogens is 446 g/mol. The molecule has 1 aromatic heterocycles. The van der Waals surface area contributed by atoms with E-state index in [9.17, 15) is 0 Å². The average Bonchev–Trinajstić information content (AvgIpc) is 3.52. The smallest absolute Gasteiger partial charge is 0.138 e. The van der Waals surface area contributed by atoms with Crippen LogP contribution in [0, 0.1) is 10.8 Å². The summed E-state index contributed by atoms with van der Waals surface area (Å²) in [7, 11) is 0. The number of imidazole rings is 1. The van der Waals surface area contributed by atoms with E-state index >= 15 is 0 Å². The van der Waals surface area contributed by atoms with Gasteiger partial charge in [-0.2, -0.15) is 0 Å². The van der Waals surface area contributed by atoms with Gasteiger partial charge in [-0.15, -0.1) is 0 Å². The summed E-state index contributed by atoms with van der Waals surface area (Å²) >= 11 is 0. The average molecular weight is 470 g/mol. The molecule has 174 valence electrons. The van der Waals surface area contributed by atoms with Crippen LogP contribution in [-0.4, -0.2) is 27.4 Å². The molecule has 0 radical (unpaired) electrons. The highest BCUT2D eigenvalue weighted by atomic mass is 14.9. The lowest BCUT2D eigenvalue weighted by atomic mass is 9.99. The first-order valence-electron chi connectivity index (χ1n) is 11.5. The van der Waals surface area contributed by atoms with E-state index in [4.69, 9.17) is 32.3 Å². The molecule has 0 saturated heterocycles. The lowest BCUT2D eigenvalue weighted by molar-refractivity contribution is 1.33. The van der Waals surface area contributed by atoms with Crippen molar-refractivity contribution in [1.82, 2.24) is 9.97 Å². The van der Waals surface area contributed by atoms with Gasteiger partial charge in [0, 0.05) is 23.1 Å². The molecule has 36 heavy (non-hydrogen) atoms. The molecule has 0 bridgehead atoms. The number of nitrogen functional groups attached to an aromatic ring is 2. The summed E-state index contributed by atoms with van der Waals surface area (Å²) in [5.41, 5.74) is 21.7. The number of amidine groups is 2. The minimum atomic E-state index is 0.0486. The van der Waals surface area contributed by atoms with E-state index in [-0.39, 0.29) is 11.7 Å². The lowest BCUT2D eigenvalue weighted by Crippen LogP contribution is -2.11. The van der Waals surface area contributed by atoms with Crippen molar-refractivity contribution >= 4 is 34.1 Å². The van der Waals surface area contributed by atoms with Crippen LogP contribution < -0.4 is 11.5 Å². The van der Waals surface area contributed by atoms with Crippen LogP contribution in [0.2, 0.25) is 0 Å². The lowest BCUT2D eigenvalue weighted by Gasteiger charge is -2.04. The van der Waals surface area contributed by atoms with Crippen LogP contribution in [0.15, 0.2) is 89.9 Å². The van der Waals surface area contributed by atoms with Crippen molar-refractivity contribution in [3.05, 3.63) is 107 Å². The summed E-state index contributed by atoms with van der Waals surface area (Å²) in [6, 6.07) is 27.8. The van der Waals surface area contributed by atoms with E-state index in [1.807, 2.05) is 54.6 Å². The van der Waals surface area contributed by atoms with E-state index in [0.717, 1.165) is 56.9 Å². The Bertz CT molecular complexity index is 1690. The number of fused-ring (bicyclic) bond motifs is 2. The van der Waals surface area contributed by atoms with Crippen LogP contribution in [0.4, 0.5) is 5.69 Å². The van der Waals surface area contributed by atoms with E-state index in [1.165, 1.54) is 5.56 Å². The number of nitrogens with two attached hydrogens (primary N) is 2. The molecule has 6 rings (SSSR count). The third-order valence-corrected chi connectivity index (χ3v) is 6.51. The SMILES string of the molecule is N=C(N)c1ccc(C2=Nc3cc(-c4ccc5nc(-c6ccc(C(=N)N)cc6)[nH]c5c4)ccc3C2)cc1. The topological polar surface area (TPSA) is 141 Å². The van der Waals surface area contributed by atoms with Gasteiger partial charge in [0.05, 0.1) is 22.4 Å². The Morgan fingerprint density at radius 1 is 0.694 bits per heavy atom. The van der Waals surface area contributed by atoms with Crippen LogP contribution >= 0.6 is 0 Å². The summed E-state index contributed by atoms with van der Waals surface area (Å²) in [6.07, 6.45) is 0.778. The fraction of sp³-hybridized carbons (Fsp3) is 0.0345. The first-order valence-corrected chi connectivity index (χ1v) is 11.5. The molecule has 0 saturated carbocycles. The molecular formula is C29H23N7. The highest BCUT2D eigenvalue weighted by molar-refractivity contribution is 6.07.